The normalized spacial score (nSPS) is 9.42. The third-order valence-corrected chi connectivity index (χ3v) is 1.12. The molecule has 1 N–H and O–H groups in total. The van der Waals surface area contributed by atoms with Crippen molar-refractivity contribution < 1.29 is 9.53 Å². The van der Waals surface area contributed by atoms with E-state index < -0.39 is 0 Å². The molecular weight excluding hydrogens is 158 g/mol. The maximum Gasteiger partial charge on any atom is 0.250 e. The number of anilines is 1. The number of hydrogen-bond donors (Lipinski definition) is 1. The molecule has 0 unspecified atom stereocenters. The number of aromatic nitrogens is 2. The minimum atomic E-state index is -0.215. The van der Waals surface area contributed by atoms with Crippen LogP contribution in [0.1, 0.15) is 0 Å². The van der Waals surface area contributed by atoms with Gasteiger partial charge in [-0.15, -0.1) is 0 Å². The quantitative estimate of drug-likeness (QED) is 0.691. The minimum Gasteiger partial charge on any atom is -0.375 e. The van der Waals surface area contributed by atoms with Crippen LogP contribution in [-0.4, -0.2) is 29.6 Å². The predicted molar refractivity (Wildman–Crippen MR) is 42.5 cm³/mol. The molecule has 12 heavy (non-hydrogen) atoms. The van der Waals surface area contributed by atoms with Gasteiger partial charge >= 0.3 is 0 Å². The standard InChI is InChI=1S/C7H9N3O2/c1-12-4-7(11)10-6-2-8-5-9-3-6/h2-3,5H,4H2,1H3,(H,10,11). The highest BCUT2D eigenvalue weighted by molar-refractivity contribution is 5.91. The second-order valence-corrected chi connectivity index (χ2v) is 2.11. The van der Waals surface area contributed by atoms with Crippen LogP contribution in [0, 0.1) is 0 Å². The zero-order valence-electron chi connectivity index (χ0n) is 6.65. The first-order chi connectivity index (χ1) is 5.83. The van der Waals surface area contributed by atoms with E-state index in [0.717, 1.165) is 0 Å². The molecule has 0 bridgehead atoms. The van der Waals surface area contributed by atoms with Crippen LogP contribution in [0.2, 0.25) is 0 Å². The van der Waals surface area contributed by atoms with Crippen molar-refractivity contribution in [3.8, 4) is 0 Å². The zero-order valence-corrected chi connectivity index (χ0v) is 6.65. The summed E-state index contributed by atoms with van der Waals surface area (Å²) in [5.41, 5.74) is 0.569. The molecule has 0 aliphatic heterocycles. The Balaban J connectivity index is 2.47. The molecule has 0 fully saturated rings. The van der Waals surface area contributed by atoms with Crippen LogP contribution in [0.25, 0.3) is 0 Å². The molecule has 0 radical (unpaired) electrons. The first kappa shape index (κ1) is 8.61. The number of carbonyl (C=O) groups excluding carboxylic acids is 1. The van der Waals surface area contributed by atoms with Gasteiger partial charge in [0, 0.05) is 7.11 Å². The minimum absolute atomic E-state index is 0.0366. The average Bonchev–Trinajstić information content (AvgIpc) is 2.06. The molecule has 1 heterocycles. The molecule has 1 rings (SSSR count). The largest absolute Gasteiger partial charge is 0.375 e. The second kappa shape index (κ2) is 4.40. The smallest absolute Gasteiger partial charge is 0.250 e. The third-order valence-electron chi connectivity index (χ3n) is 1.12. The third kappa shape index (κ3) is 2.63. The number of rotatable bonds is 3. The van der Waals surface area contributed by atoms with E-state index in [2.05, 4.69) is 20.0 Å². The summed E-state index contributed by atoms with van der Waals surface area (Å²) in [5, 5.41) is 2.55. The molecule has 0 saturated carbocycles. The van der Waals surface area contributed by atoms with Crippen LogP contribution >= 0.6 is 0 Å². The zero-order chi connectivity index (χ0) is 8.81. The fraction of sp³-hybridized carbons (Fsp3) is 0.286. The molecule has 0 aliphatic rings. The van der Waals surface area contributed by atoms with Crippen molar-refractivity contribution in [1.82, 2.24) is 9.97 Å². The van der Waals surface area contributed by atoms with E-state index in [9.17, 15) is 4.79 Å². The average molecular weight is 167 g/mol. The number of ether oxygens (including phenoxy) is 1. The summed E-state index contributed by atoms with van der Waals surface area (Å²) < 4.78 is 4.62. The summed E-state index contributed by atoms with van der Waals surface area (Å²) in [5.74, 6) is -0.215. The summed E-state index contributed by atoms with van der Waals surface area (Å²) in [6.07, 6.45) is 4.42. The molecule has 5 nitrogen and oxygen atoms in total. The van der Waals surface area contributed by atoms with Gasteiger partial charge < -0.3 is 10.1 Å². The fourth-order valence-corrected chi connectivity index (χ4v) is 0.692. The Labute approximate surface area is 69.8 Å². The number of nitrogens with one attached hydrogen (secondary N) is 1. The van der Waals surface area contributed by atoms with Crippen LogP contribution < -0.4 is 5.32 Å². The maximum absolute atomic E-state index is 10.9. The van der Waals surface area contributed by atoms with Crippen molar-refractivity contribution >= 4 is 11.6 Å². The van der Waals surface area contributed by atoms with Crippen molar-refractivity contribution in [2.75, 3.05) is 19.0 Å². The van der Waals surface area contributed by atoms with E-state index in [1.165, 1.54) is 25.8 Å². The maximum atomic E-state index is 10.9. The molecular formula is C7H9N3O2. The monoisotopic (exact) mass is 167 g/mol. The Morgan fingerprint density at radius 2 is 2.25 bits per heavy atom. The molecule has 1 aromatic heterocycles. The molecule has 0 aliphatic carbocycles. The Morgan fingerprint density at radius 3 is 2.83 bits per heavy atom. The van der Waals surface area contributed by atoms with Gasteiger partial charge in [-0.3, -0.25) is 4.79 Å². The lowest BCUT2D eigenvalue weighted by Crippen LogP contribution is -2.17. The van der Waals surface area contributed by atoms with Crippen molar-refractivity contribution in [3.05, 3.63) is 18.7 Å². The first-order valence-corrected chi connectivity index (χ1v) is 3.36. The van der Waals surface area contributed by atoms with E-state index in [1.807, 2.05) is 0 Å². The number of nitrogens with zero attached hydrogens (tertiary/aromatic N) is 2. The van der Waals surface area contributed by atoms with Gasteiger partial charge in [-0.2, -0.15) is 0 Å². The van der Waals surface area contributed by atoms with E-state index >= 15 is 0 Å². The van der Waals surface area contributed by atoms with Gasteiger partial charge in [-0.05, 0) is 0 Å². The van der Waals surface area contributed by atoms with Crippen LogP contribution in [0.4, 0.5) is 5.69 Å². The molecule has 0 aromatic carbocycles. The summed E-state index contributed by atoms with van der Waals surface area (Å²) >= 11 is 0. The van der Waals surface area contributed by atoms with Gasteiger partial charge in [0.05, 0.1) is 18.1 Å². The van der Waals surface area contributed by atoms with Crippen LogP contribution in [0.3, 0.4) is 0 Å². The summed E-state index contributed by atoms with van der Waals surface area (Å²) in [6.45, 7) is 0.0366. The summed E-state index contributed by atoms with van der Waals surface area (Å²) in [6, 6.07) is 0. The lowest BCUT2D eigenvalue weighted by atomic mass is 10.5. The number of hydrogen-bond acceptors (Lipinski definition) is 4. The van der Waals surface area contributed by atoms with Gasteiger partial charge in [0.15, 0.2) is 0 Å². The molecule has 5 heteroatoms. The molecule has 0 spiro atoms. The number of carbonyl (C=O) groups is 1. The molecule has 1 amide bonds. The topological polar surface area (TPSA) is 64.1 Å². The van der Waals surface area contributed by atoms with Gasteiger partial charge in [-0.25, -0.2) is 9.97 Å². The number of methoxy groups -OCH3 is 1. The van der Waals surface area contributed by atoms with Crippen LogP contribution in [0.5, 0.6) is 0 Å². The van der Waals surface area contributed by atoms with E-state index in [-0.39, 0.29) is 12.5 Å². The first-order valence-electron chi connectivity index (χ1n) is 3.36. The number of amides is 1. The summed E-state index contributed by atoms with van der Waals surface area (Å²) in [4.78, 5) is 18.4. The summed E-state index contributed by atoms with van der Waals surface area (Å²) in [7, 11) is 1.46. The lowest BCUT2D eigenvalue weighted by molar-refractivity contribution is -0.119. The van der Waals surface area contributed by atoms with Gasteiger partial charge in [0.2, 0.25) is 5.91 Å². The molecule has 0 atom stereocenters. The molecule has 64 valence electrons. The Kier molecular flexibility index (Phi) is 3.16. The van der Waals surface area contributed by atoms with Gasteiger partial charge in [0.25, 0.3) is 0 Å². The highest BCUT2D eigenvalue weighted by atomic mass is 16.5. The molecule has 0 saturated heterocycles. The lowest BCUT2D eigenvalue weighted by Gasteiger charge is -2.01. The van der Waals surface area contributed by atoms with E-state index in [0.29, 0.717) is 5.69 Å². The fourth-order valence-electron chi connectivity index (χ4n) is 0.692. The molecule has 1 aromatic rings. The van der Waals surface area contributed by atoms with Crippen molar-refractivity contribution in [2.24, 2.45) is 0 Å². The Morgan fingerprint density at radius 1 is 1.58 bits per heavy atom. The van der Waals surface area contributed by atoms with Crippen molar-refractivity contribution in [3.63, 3.8) is 0 Å². The van der Waals surface area contributed by atoms with E-state index in [4.69, 9.17) is 0 Å². The van der Waals surface area contributed by atoms with E-state index in [1.54, 1.807) is 0 Å². The van der Waals surface area contributed by atoms with Crippen LogP contribution in [-0.2, 0) is 9.53 Å². The Hall–Kier alpha value is -1.49. The SMILES string of the molecule is COCC(=O)Nc1cncnc1. The van der Waals surface area contributed by atoms with Crippen molar-refractivity contribution in [2.45, 2.75) is 0 Å². The predicted octanol–water partition coefficient (Wildman–Crippen LogP) is 0.0615. The highest BCUT2D eigenvalue weighted by Crippen LogP contribution is 1.99. The van der Waals surface area contributed by atoms with Crippen LogP contribution in [0.15, 0.2) is 18.7 Å². The van der Waals surface area contributed by atoms with Gasteiger partial charge in [-0.1, -0.05) is 0 Å². The second-order valence-electron chi connectivity index (χ2n) is 2.11. The Bertz CT molecular complexity index is 250. The van der Waals surface area contributed by atoms with Crippen molar-refractivity contribution in [1.29, 1.82) is 0 Å². The van der Waals surface area contributed by atoms with Gasteiger partial charge in [0.1, 0.15) is 12.9 Å². The highest BCUT2D eigenvalue weighted by Gasteiger charge is 1.99.